The Hall–Kier alpha value is -1.91. The van der Waals surface area contributed by atoms with Crippen molar-refractivity contribution >= 4 is 17.5 Å². The molecule has 0 aliphatic carbocycles. The van der Waals surface area contributed by atoms with Crippen molar-refractivity contribution in [3.05, 3.63) is 53.3 Å². The molecule has 108 valence electrons. The van der Waals surface area contributed by atoms with Gasteiger partial charge in [-0.05, 0) is 23.8 Å². The lowest BCUT2D eigenvalue weighted by atomic mass is 10.1. The molecule has 1 aliphatic rings. The van der Waals surface area contributed by atoms with Gasteiger partial charge in [-0.1, -0.05) is 23.7 Å². The number of nitrogens with one attached hydrogen (secondary N) is 1. The maximum absolute atomic E-state index is 12.5. The molecule has 0 bridgehead atoms. The first-order chi connectivity index (χ1) is 10.2. The maximum atomic E-state index is 12.5. The predicted octanol–water partition coefficient (Wildman–Crippen LogP) is 2.45. The Bertz CT molecular complexity index is 653. The lowest BCUT2D eigenvalue weighted by Crippen LogP contribution is -2.46. The Morgan fingerprint density at radius 1 is 1.14 bits per heavy atom. The van der Waals surface area contributed by atoms with Crippen LogP contribution in [-0.4, -0.2) is 42.0 Å². The zero-order chi connectivity index (χ0) is 14.7. The van der Waals surface area contributed by atoms with Crippen LogP contribution in [0.3, 0.4) is 0 Å². The molecule has 1 aromatic heterocycles. The molecule has 3 rings (SSSR count). The zero-order valence-corrected chi connectivity index (χ0v) is 12.3. The predicted molar refractivity (Wildman–Crippen MR) is 83.5 cm³/mol. The SMILES string of the molecule is O=C(c1cncc(-c2cccc(Cl)c2)c1)N1CCNCC1. The Labute approximate surface area is 128 Å². The van der Waals surface area contributed by atoms with Crippen LogP contribution in [0.2, 0.25) is 5.02 Å². The maximum Gasteiger partial charge on any atom is 0.255 e. The third kappa shape index (κ3) is 3.23. The lowest BCUT2D eigenvalue weighted by molar-refractivity contribution is 0.0735. The van der Waals surface area contributed by atoms with E-state index in [1.54, 1.807) is 12.4 Å². The third-order valence-corrected chi connectivity index (χ3v) is 3.78. The van der Waals surface area contributed by atoms with E-state index in [0.29, 0.717) is 10.6 Å². The summed E-state index contributed by atoms with van der Waals surface area (Å²) in [4.78, 5) is 18.5. The van der Waals surface area contributed by atoms with E-state index < -0.39 is 0 Å². The Morgan fingerprint density at radius 3 is 2.71 bits per heavy atom. The Balaban J connectivity index is 1.87. The number of halogens is 1. The molecule has 21 heavy (non-hydrogen) atoms. The molecule has 0 saturated carbocycles. The smallest absolute Gasteiger partial charge is 0.255 e. The highest BCUT2D eigenvalue weighted by molar-refractivity contribution is 6.30. The summed E-state index contributed by atoms with van der Waals surface area (Å²) < 4.78 is 0. The second kappa shape index (κ2) is 6.24. The minimum absolute atomic E-state index is 0.0351. The monoisotopic (exact) mass is 301 g/mol. The number of rotatable bonds is 2. The van der Waals surface area contributed by atoms with Crippen molar-refractivity contribution in [3.8, 4) is 11.1 Å². The largest absolute Gasteiger partial charge is 0.336 e. The second-order valence-electron chi connectivity index (χ2n) is 5.01. The summed E-state index contributed by atoms with van der Waals surface area (Å²) in [6.07, 6.45) is 3.37. The number of carbonyl (C=O) groups excluding carboxylic acids is 1. The molecule has 1 fully saturated rings. The van der Waals surface area contributed by atoms with Crippen LogP contribution in [0.4, 0.5) is 0 Å². The number of pyridine rings is 1. The van der Waals surface area contributed by atoms with Crippen molar-refractivity contribution in [2.75, 3.05) is 26.2 Å². The first kappa shape index (κ1) is 14.0. The van der Waals surface area contributed by atoms with Gasteiger partial charge in [0.2, 0.25) is 0 Å². The van der Waals surface area contributed by atoms with Crippen LogP contribution >= 0.6 is 11.6 Å². The van der Waals surface area contributed by atoms with Crippen molar-refractivity contribution in [1.29, 1.82) is 0 Å². The van der Waals surface area contributed by atoms with Crippen LogP contribution < -0.4 is 5.32 Å². The summed E-state index contributed by atoms with van der Waals surface area (Å²) in [5.74, 6) is 0.0351. The molecule has 5 heteroatoms. The molecule has 1 aromatic carbocycles. The summed E-state index contributed by atoms with van der Waals surface area (Å²) in [6.45, 7) is 3.15. The summed E-state index contributed by atoms with van der Waals surface area (Å²) in [5, 5.41) is 3.91. The van der Waals surface area contributed by atoms with E-state index in [4.69, 9.17) is 11.6 Å². The topological polar surface area (TPSA) is 45.2 Å². The fraction of sp³-hybridized carbons (Fsp3) is 0.250. The molecule has 1 aliphatic heterocycles. The van der Waals surface area contributed by atoms with E-state index in [1.165, 1.54) is 0 Å². The number of carbonyl (C=O) groups is 1. The van der Waals surface area contributed by atoms with Gasteiger partial charge in [0.25, 0.3) is 5.91 Å². The van der Waals surface area contributed by atoms with Gasteiger partial charge in [0.1, 0.15) is 0 Å². The van der Waals surface area contributed by atoms with Crippen LogP contribution in [0.25, 0.3) is 11.1 Å². The van der Waals surface area contributed by atoms with E-state index in [2.05, 4.69) is 10.3 Å². The first-order valence-electron chi connectivity index (χ1n) is 6.95. The molecular formula is C16H16ClN3O. The standard InChI is InChI=1S/C16H16ClN3O/c17-15-3-1-2-12(9-15)13-8-14(11-19-10-13)16(21)20-6-4-18-5-7-20/h1-3,8-11,18H,4-7H2. The van der Waals surface area contributed by atoms with Crippen LogP contribution in [0.15, 0.2) is 42.7 Å². The zero-order valence-electron chi connectivity index (χ0n) is 11.6. The lowest BCUT2D eigenvalue weighted by Gasteiger charge is -2.27. The van der Waals surface area contributed by atoms with Crippen molar-refractivity contribution in [2.45, 2.75) is 0 Å². The number of aromatic nitrogens is 1. The van der Waals surface area contributed by atoms with Crippen molar-refractivity contribution in [1.82, 2.24) is 15.2 Å². The fourth-order valence-electron chi connectivity index (χ4n) is 2.43. The van der Waals surface area contributed by atoms with Gasteiger partial charge >= 0.3 is 0 Å². The van der Waals surface area contributed by atoms with Crippen LogP contribution in [0, 0.1) is 0 Å². The minimum atomic E-state index is 0.0351. The van der Waals surface area contributed by atoms with Gasteiger partial charge in [0, 0.05) is 49.2 Å². The van der Waals surface area contributed by atoms with E-state index in [1.807, 2.05) is 35.2 Å². The minimum Gasteiger partial charge on any atom is -0.336 e. The van der Waals surface area contributed by atoms with Crippen molar-refractivity contribution in [3.63, 3.8) is 0 Å². The molecule has 0 unspecified atom stereocenters. The number of amides is 1. The molecule has 1 saturated heterocycles. The average Bonchev–Trinajstić information content (AvgIpc) is 2.55. The molecular weight excluding hydrogens is 286 g/mol. The summed E-state index contributed by atoms with van der Waals surface area (Å²) in [7, 11) is 0. The number of piperazine rings is 1. The van der Waals surface area contributed by atoms with Gasteiger partial charge in [-0.15, -0.1) is 0 Å². The highest BCUT2D eigenvalue weighted by atomic mass is 35.5. The molecule has 1 N–H and O–H groups in total. The van der Waals surface area contributed by atoms with Gasteiger partial charge in [0.05, 0.1) is 5.56 Å². The molecule has 2 heterocycles. The van der Waals surface area contributed by atoms with E-state index in [-0.39, 0.29) is 5.91 Å². The highest BCUT2D eigenvalue weighted by Gasteiger charge is 2.18. The quantitative estimate of drug-likeness (QED) is 0.927. The second-order valence-corrected chi connectivity index (χ2v) is 5.45. The molecule has 0 spiro atoms. The van der Waals surface area contributed by atoms with Gasteiger partial charge < -0.3 is 10.2 Å². The average molecular weight is 302 g/mol. The molecule has 0 radical (unpaired) electrons. The number of hydrogen-bond acceptors (Lipinski definition) is 3. The van der Waals surface area contributed by atoms with Gasteiger partial charge in [0.15, 0.2) is 0 Å². The van der Waals surface area contributed by atoms with Crippen molar-refractivity contribution in [2.24, 2.45) is 0 Å². The summed E-state index contributed by atoms with van der Waals surface area (Å²) in [6, 6.07) is 9.43. The van der Waals surface area contributed by atoms with Gasteiger partial charge in [-0.2, -0.15) is 0 Å². The van der Waals surface area contributed by atoms with Crippen LogP contribution in [0.1, 0.15) is 10.4 Å². The van der Waals surface area contributed by atoms with Crippen LogP contribution in [-0.2, 0) is 0 Å². The molecule has 2 aromatic rings. The summed E-state index contributed by atoms with van der Waals surface area (Å²) in [5.41, 5.74) is 2.48. The van der Waals surface area contributed by atoms with E-state index >= 15 is 0 Å². The number of benzene rings is 1. The van der Waals surface area contributed by atoms with Crippen molar-refractivity contribution < 1.29 is 4.79 Å². The third-order valence-electron chi connectivity index (χ3n) is 3.55. The van der Waals surface area contributed by atoms with E-state index in [0.717, 1.165) is 37.3 Å². The summed E-state index contributed by atoms with van der Waals surface area (Å²) >= 11 is 6.02. The van der Waals surface area contributed by atoms with Gasteiger partial charge in [-0.25, -0.2) is 0 Å². The molecule has 1 amide bonds. The highest BCUT2D eigenvalue weighted by Crippen LogP contribution is 2.23. The number of hydrogen-bond donors (Lipinski definition) is 1. The normalized spacial score (nSPS) is 15.0. The Morgan fingerprint density at radius 2 is 1.95 bits per heavy atom. The van der Waals surface area contributed by atoms with Gasteiger partial charge in [-0.3, -0.25) is 9.78 Å². The Kier molecular flexibility index (Phi) is 4.18. The van der Waals surface area contributed by atoms with Crippen LogP contribution in [0.5, 0.6) is 0 Å². The first-order valence-corrected chi connectivity index (χ1v) is 7.33. The number of nitrogens with zero attached hydrogens (tertiary/aromatic N) is 2. The molecule has 0 atom stereocenters. The molecule has 4 nitrogen and oxygen atoms in total. The fourth-order valence-corrected chi connectivity index (χ4v) is 2.62. The van der Waals surface area contributed by atoms with E-state index in [9.17, 15) is 4.79 Å².